The second-order valence-corrected chi connectivity index (χ2v) is 7.68. The Hall–Kier alpha value is -2.13. The van der Waals surface area contributed by atoms with E-state index in [-0.39, 0.29) is 22.5 Å². The Balaban J connectivity index is 2.43. The van der Waals surface area contributed by atoms with Crippen molar-refractivity contribution in [3.8, 4) is 0 Å². The number of carbonyl (C=O) groups is 1. The lowest BCUT2D eigenvalue weighted by Gasteiger charge is -2.12. The Bertz CT molecular complexity index is 815. The fraction of sp³-hybridized carbons (Fsp3) is 0.200. The van der Waals surface area contributed by atoms with Gasteiger partial charge >= 0.3 is 0 Å². The molecule has 1 aromatic carbocycles. The molecule has 0 saturated carbocycles. The first-order chi connectivity index (χ1) is 11.2. The second-order valence-electron chi connectivity index (χ2n) is 5.07. The number of nitrogens with zero attached hydrogens (tertiary/aromatic N) is 3. The third-order valence-corrected chi connectivity index (χ3v) is 5.28. The zero-order chi connectivity index (χ0) is 17.9. The number of sulfonamides is 1. The van der Waals surface area contributed by atoms with Gasteiger partial charge in [-0.25, -0.2) is 4.39 Å². The van der Waals surface area contributed by atoms with E-state index in [0.29, 0.717) is 4.91 Å². The number of hydrogen-bond donors (Lipinski definition) is 0. The van der Waals surface area contributed by atoms with Crippen molar-refractivity contribution in [2.24, 2.45) is 4.40 Å². The molecular formula is C15H16FN3O3S2. The molecule has 0 N–H and O–H groups in total. The van der Waals surface area contributed by atoms with Crippen molar-refractivity contribution in [1.29, 1.82) is 0 Å². The Morgan fingerprint density at radius 2 is 1.96 bits per heavy atom. The molecule has 0 unspecified atom stereocenters. The van der Waals surface area contributed by atoms with E-state index in [4.69, 9.17) is 0 Å². The molecule has 1 aliphatic heterocycles. The van der Waals surface area contributed by atoms with E-state index in [1.54, 1.807) is 25.2 Å². The Morgan fingerprint density at radius 1 is 1.33 bits per heavy atom. The smallest absolute Gasteiger partial charge is 0.284 e. The Morgan fingerprint density at radius 3 is 2.50 bits per heavy atom. The molecule has 0 spiro atoms. The summed E-state index contributed by atoms with van der Waals surface area (Å²) in [6.45, 7) is 3.70. The summed E-state index contributed by atoms with van der Waals surface area (Å²) < 4.78 is 41.4. The largest absolute Gasteiger partial charge is 0.382 e. The maximum atomic E-state index is 13.0. The van der Waals surface area contributed by atoms with Gasteiger partial charge in [-0.15, -0.1) is 11.0 Å². The van der Waals surface area contributed by atoms with Crippen LogP contribution in [0.5, 0.6) is 0 Å². The van der Waals surface area contributed by atoms with Crippen LogP contribution < -0.4 is 0 Å². The first-order valence-corrected chi connectivity index (χ1v) is 9.09. The standard InChI is InChI=1S/C15H16FN3O3S2/c1-4-9-19-14(20)13(10-18(2)3)23-15(19)17-24(21,22)12-7-5-11(16)6-8-12/h4-8,10H,1,9H2,2-3H3/b13-10+,17-15?. The quantitative estimate of drug-likeness (QED) is 0.587. The van der Waals surface area contributed by atoms with Crippen LogP contribution in [0.1, 0.15) is 0 Å². The summed E-state index contributed by atoms with van der Waals surface area (Å²) in [7, 11) is -0.549. The van der Waals surface area contributed by atoms with Gasteiger partial charge in [0.2, 0.25) is 0 Å². The highest BCUT2D eigenvalue weighted by Crippen LogP contribution is 2.32. The molecule has 0 bridgehead atoms. The highest BCUT2D eigenvalue weighted by atomic mass is 32.2. The van der Waals surface area contributed by atoms with Crippen LogP contribution in [-0.2, 0) is 14.8 Å². The highest BCUT2D eigenvalue weighted by molar-refractivity contribution is 8.19. The van der Waals surface area contributed by atoms with Crippen LogP contribution in [-0.4, -0.2) is 49.9 Å². The zero-order valence-electron chi connectivity index (χ0n) is 13.1. The molecule has 1 saturated heterocycles. The average molecular weight is 369 g/mol. The van der Waals surface area contributed by atoms with Gasteiger partial charge in [-0.2, -0.15) is 8.42 Å². The molecule has 9 heteroatoms. The minimum Gasteiger partial charge on any atom is -0.382 e. The highest BCUT2D eigenvalue weighted by Gasteiger charge is 2.34. The van der Waals surface area contributed by atoms with Gasteiger partial charge in [0.15, 0.2) is 5.17 Å². The number of rotatable bonds is 5. The van der Waals surface area contributed by atoms with Gasteiger partial charge < -0.3 is 4.90 Å². The number of hydrogen-bond acceptors (Lipinski definition) is 5. The summed E-state index contributed by atoms with van der Waals surface area (Å²) in [5.74, 6) is -0.891. The average Bonchev–Trinajstić information content (AvgIpc) is 2.75. The van der Waals surface area contributed by atoms with E-state index in [9.17, 15) is 17.6 Å². The molecule has 0 radical (unpaired) electrons. The van der Waals surface area contributed by atoms with Gasteiger partial charge in [0.1, 0.15) is 5.82 Å². The molecule has 0 atom stereocenters. The van der Waals surface area contributed by atoms with Gasteiger partial charge in [0.25, 0.3) is 15.9 Å². The fourth-order valence-corrected chi connectivity index (χ4v) is 4.11. The number of amidine groups is 1. The van der Waals surface area contributed by atoms with Crippen molar-refractivity contribution in [2.45, 2.75) is 4.90 Å². The molecule has 24 heavy (non-hydrogen) atoms. The Labute approximate surface area is 144 Å². The van der Waals surface area contributed by atoms with E-state index in [1.165, 1.54) is 11.0 Å². The third-order valence-electron chi connectivity index (χ3n) is 2.88. The van der Waals surface area contributed by atoms with Crippen molar-refractivity contribution >= 4 is 32.9 Å². The van der Waals surface area contributed by atoms with E-state index in [1.807, 2.05) is 0 Å². The molecule has 1 amide bonds. The molecule has 1 aromatic rings. The van der Waals surface area contributed by atoms with E-state index < -0.39 is 15.8 Å². The lowest BCUT2D eigenvalue weighted by atomic mass is 10.4. The lowest BCUT2D eigenvalue weighted by Crippen LogP contribution is -2.30. The number of benzene rings is 1. The molecule has 0 aliphatic carbocycles. The monoisotopic (exact) mass is 369 g/mol. The topological polar surface area (TPSA) is 70.1 Å². The van der Waals surface area contributed by atoms with Crippen LogP contribution in [0.25, 0.3) is 0 Å². The molecule has 6 nitrogen and oxygen atoms in total. The summed E-state index contributed by atoms with van der Waals surface area (Å²) >= 11 is 0.965. The van der Waals surface area contributed by atoms with Crippen LogP contribution in [0.4, 0.5) is 4.39 Å². The van der Waals surface area contributed by atoms with Crippen molar-refractivity contribution in [3.05, 3.63) is 53.8 Å². The van der Waals surface area contributed by atoms with Crippen molar-refractivity contribution in [2.75, 3.05) is 20.6 Å². The first kappa shape index (κ1) is 18.2. The van der Waals surface area contributed by atoms with Crippen molar-refractivity contribution in [1.82, 2.24) is 9.80 Å². The number of carbonyl (C=O) groups excluding carboxylic acids is 1. The van der Waals surface area contributed by atoms with Crippen molar-refractivity contribution in [3.63, 3.8) is 0 Å². The minimum atomic E-state index is -4.06. The van der Waals surface area contributed by atoms with Crippen LogP contribution in [0.2, 0.25) is 0 Å². The minimum absolute atomic E-state index is 0.0392. The van der Waals surface area contributed by atoms with Gasteiger partial charge in [-0.05, 0) is 36.0 Å². The first-order valence-electron chi connectivity index (χ1n) is 6.84. The molecule has 1 fully saturated rings. The van der Waals surface area contributed by atoms with Crippen molar-refractivity contribution < 1.29 is 17.6 Å². The fourth-order valence-electron chi connectivity index (χ4n) is 1.85. The zero-order valence-corrected chi connectivity index (χ0v) is 14.8. The van der Waals surface area contributed by atoms with Gasteiger partial charge in [-0.1, -0.05) is 6.08 Å². The van der Waals surface area contributed by atoms with Gasteiger partial charge in [-0.3, -0.25) is 9.69 Å². The number of halogens is 1. The number of thioether (sulfide) groups is 1. The second kappa shape index (κ2) is 7.18. The van der Waals surface area contributed by atoms with Crippen LogP contribution in [0.15, 0.2) is 57.3 Å². The summed E-state index contributed by atoms with van der Waals surface area (Å²) in [5, 5.41) is 0.0392. The Kier molecular flexibility index (Phi) is 5.45. The molecule has 1 heterocycles. The molecule has 128 valence electrons. The third kappa shape index (κ3) is 4.04. The summed E-state index contributed by atoms with van der Waals surface area (Å²) in [6.07, 6.45) is 3.08. The molecule has 2 rings (SSSR count). The lowest BCUT2D eigenvalue weighted by molar-refractivity contribution is -0.121. The predicted molar refractivity (Wildman–Crippen MR) is 92.3 cm³/mol. The summed E-state index contributed by atoms with van der Waals surface area (Å²) in [4.78, 5) is 15.5. The van der Waals surface area contributed by atoms with E-state index >= 15 is 0 Å². The maximum Gasteiger partial charge on any atom is 0.284 e. The maximum absolute atomic E-state index is 13.0. The predicted octanol–water partition coefficient (Wildman–Crippen LogP) is 2.03. The van der Waals surface area contributed by atoms with Crippen LogP contribution in [0, 0.1) is 5.82 Å². The number of amides is 1. The molecular weight excluding hydrogens is 353 g/mol. The molecule has 0 aromatic heterocycles. The van der Waals surface area contributed by atoms with Crippen LogP contribution >= 0.6 is 11.8 Å². The summed E-state index contributed by atoms with van der Waals surface area (Å²) in [6, 6.07) is 4.34. The SMILES string of the molecule is C=CCN1C(=O)/C(=C\N(C)C)SC1=NS(=O)(=O)c1ccc(F)cc1. The van der Waals surface area contributed by atoms with Crippen LogP contribution in [0.3, 0.4) is 0 Å². The molecule has 1 aliphatic rings. The van der Waals surface area contributed by atoms with Gasteiger partial charge in [0.05, 0.1) is 9.80 Å². The van der Waals surface area contributed by atoms with E-state index in [2.05, 4.69) is 11.0 Å². The van der Waals surface area contributed by atoms with E-state index in [0.717, 1.165) is 36.0 Å². The van der Waals surface area contributed by atoms with Gasteiger partial charge in [0, 0.05) is 26.8 Å². The summed E-state index contributed by atoms with van der Waals surface area (Å²) in [5.41, 5.74) is 0. The normalized spacial score (nSPS) is 18.5.